The van der Waals surface area contributed by atoms with Crippen LogP contribution in [0.4, 0.5) is 10.5 Å². The number of hydrogen-bond acceptors (Lipinski definition) is 4. The van der Waals surface area contributed by atoms with Gasteiger partial charge in [-0.3, -0.25) is 0 Å². The molecular formula is C22H25N3O3. The van der Waals surface area contributed by atoms with Crippen LogP contribution in [0.3, 0.4) is 0 Å². The number of ether oxygens (including phenoxy) is 1. The molecule has 1 aliphatic rings. The Morgan fingerprint density at radius 1 is 1.04 bits per heavy atom. The molecule has 0 saturated carbocycles. The quantitative estimate of drug-likeness (QED) is 0.754. The van der Waals surface area contributed by atoms with Crippen LogP contribution in [0.5, 0.6) is 0 Å². The van der Waals surface area contributed by atoms with E-state index in [-0.39, 0.29) is 6.03 Å². The van der Waals surface area contributed by atoms with Gasteiger partial charge >= 0.3 is 12.0 Å². The summed E-state index contributed by atoms with van der Waals surface area (Å²) in [7, 11) is 1.34. The van der Waals surface area contributed by atoms with Gasteiger partial charge in [-0.25, -0.2) is 9.59 Å². The van der Waals surface area contributed by atoms with E-state index >= 15 is 0 Å². The molecular weight excluding hydrogens is 354 g/mol. The number of amides is 2. The molecule has 1 atom stereocenters. The zero-order valence-corrected chi connectivity index (χ0v) is 16.4. The predicted octanol–water partition coefficient (Wildman–Crippen LogP) is 3.47. The van der Waals surface area contributed by atoms with Gasteiger partial charge in [-0.15, -0.1) is 0 Å². The van der Waals surface area contributed by atoms with Crippen LogP contribution in [0.25, 0.3) is 5.70 Å². The molecule has 0 fully saturated rings. The van der Waals surface area contributed by atoms with Crippen LogP contribution in [-0.2, 0) is 9.53 Å². The van der Waals surface area contributed by atoms with Crippen LogP contribution in [0.2, 0.25) is 0 Å². The first-order chi connectivity index (χ1) is 13.6. The number of methoxy groups -OCH3 is 1. The molecule has 6 nitrogen and oxygen atoms in total. The molecule has 146 valence electrons. The van der Waals surface area contributed by atoms with Crippen molar-refractivity contribution in [3.8, 4) is 0 Å². The van der Waals surface area contributed by atoms with Gasteiger partial charge in [0.2, 0.25) is 0 Å². The van der Waals surface area contributed by atoms with Crippen molar-refractivity contribution in [2.24, 2.45) is 0 Å². The largest absolute Gasteiger partial charge is 0.466 e. The zero-order valence-electron chi connectivity index (χ0n) is 16.4. The summed E-state index contributed by atoms with van der Waals surface area (Å²) < 4.78 is 5.03. The number of urea groups is 1. The normalized spacial score (nSPS) is 16.2. The van der Waals surface area contributed by atoms with E-state index in [0.717, 1.165) is 29.9 Å². The van der Waals surface area contributed by atoms with E-state index in [1.54, 1.807) is 0 Å². The SMILES string of the molecule is CCN(CC)c1ccc(C2NC(=O)NC(c3ccccc3)=C2C(=O)OC)cc1. The lowest BCUT2D eigenvalue weighted by molar-refractivity contribution is -0.136. The molecule has 0 bridgehead atoms. The van der Waals surface area contributed by atoms with Crippen molar-refractivity contribution < 1.29 is 14.3 Å². The first-order valence-electron chi connectivity index (χ1n) is 9.39. The molecule has 0 saturated heterocycles. The Kier molecular flexibility index (Phi) is 5.99. The van der Waals surface area contributed by atoms with Gasteiger partial charge < -0.3 is 20.3 Å². The van der Waals surface area contributed by atoms with Gasteiger partial charge in [0.1, 0.15) is 0 Å². The van der Waals surface area contributed by atoms with Gasteiger partial charge in [0.25, 0.3) is 0 Å². The van der Waals surface area contributed by atoms with Gasteiger partial charge in [0, 0.05) is 18.8 Å². The Bertz CT molecular complexity index is 872. The number of benzene rings is 2. The van der Waals surface area contributed by atoms with Gasteiger partial charge in [0.15, 0.2) is 0 Å². The van der Waals surface area contributed by atoms with E-state index < -0.39 is 12.0 Å². The summed E-state index contributed by atoms with van der Waals surface area (Å²) >= 11 is 0. The third kappa shape index (κ3) is 3.86. The molecule has 0 spiro atoms. The Morgan fingerprint density at radius 3 is 2.25 bits per heavy atom. The lowest BCUT2D eigenvalue weighted by Gasteiger charge is -2.30. The van der Waals surface area contributed by atoms with Crippen molar-refractivity contribution in [2.45, 2.75) is 19.9 Å². The van der Waals surface area contributed by atoms with Gasteiger partial charge in [-0.05, 0) is 37.1 Å². The highest BCUT2D eigenvalue weighted by molar-refractivity contribution is 6.04. The molecule has 2 aromatic carbocycles. The lowest BCUT2D eigenvalue weighted by Crippen LogP contribution is -2.45. The molecule has 3 rings (SSSR count). The number of carbonyl (C=O) groups is 2. The second kappa shape index (κ2) is 8.61. The molecule has 0 aromatic heterocycles. The minimum absolute atomic E-state index is 0.357. The molecule has 2 aromatic rings. The van der Waals surface area contributed by atoms with Gasteiger partial charge in [-0.2, -0.15) is 0 Å². The van der Waals surface area contributed by atoms with Crippen LogP contribution in [0.15, 0.2) is 60.2 Å². The van der Waals surface area contributed by atoms with Crippen LogP contribution in [0, 0.1) is 0 Å². The Labute approximate surface area is 165 Å². The number of nitrogens with one attached hydrogen (secondary N) is 2. The average molecular weight is 379 g/mol. The number of anilines is 1. The van der Waals surface area contributed by atoms with Crippen LogP contribution in [0.1, 0.15) is 31.0 Å². The topological polar surface area (TPSA) is 70.7 Å². The highest BCUT2D eigenvalue weighted by Crippen LogP contribution is 2.32. The van der Waals surface area contributed by atoms with E-state index in [9.17, 15) is 9.59 Å². The summed E-state index contributed by atoms with van der Waals surface area (Å²) in [6.07, 6.45) is 0. The van der Waals surface area contributed by atoms with Crippen molar-refractivity contribution in [1.29, 1.82) is 0 Å². The maximum absolute atomic E-state index is 12.6. The molecule has 0 radical (unpaired) electrons. The third-order valence-corrected chi connectivity index (χ3v) is 4.89. The maximum Gasteiger partial charge on any atom is 0.338 e. The Balaban J connectivity index is 2.07. The highest BCUT2D eigenvalue weighted by Gasteiger charge is 2.34. The number of hydrogen-bond donors (Lipinski definition) is 2. The van der Waals surface area contributed by atoms with E-state index in [1.165, 1.54) is 7.11 Å². The van der Waals surface area contributed by atoms with Crippen molar-refractivity contribution in [1.82, 2.24) is 10.6 Å². The van der Waals surface area contributed by atoms with Crippen LogP contribution < -0.4 is 15.5 Å². The van der Waals surface area contributed by atoms with Crippen LogP contribution >= 0.6 is 0 Å². The van der Waals surface area contributed by atoms with Crippen LogP contribution in [-0.4, -0.2) is 32.2 Å². The summed E-state index contributed by atoms with van der Waals surface area (Å²) in [6, 6.07) is 16.2. The minimum atomic E-state index is -0.595. The molecule has 1 heterocycles. The summed E-state index contributed by atoms with van der Waals surface area (Å²) in [5, 5.41) is 5.62. The Morgan fingerprint density at radius 2 is 1.68 bits per heavy atom. The zero-order chi connectivity index (χ0) is 20.1. The second-order valence-corrected chi connectivity index (χ2v) is 6.44. The molecule has 0 aliphatic carbocycles. The monoisotopic (exact) mass is 379 g/mol. The summed E-state index contributed by atoms with van der Waals surface area (Å²) in [6.45, 7) is 6.03. The third-order valence-electron chi connectivity index (χ3n) is 4.89. The smallest absolute Gasteiger partial charge is 0.338 e. The summed E-state index contributed by atoms with van der Waals surface area (Å²) in [5.74, 6) is -0.482. The number of esters is 1. The van der Waals surface area contributed by atoms with Crippen molar-refractivity contribution >= 4 is 23.4 Å². The van der Waals surface area contributed by atoms with E-state index in [2.05, 4.69) is 29.4 Å². The first-order valence-corrected chi connectivity index (χ1v) is 9.39. The van der Waals surface area contributed by atoms with E-state index in [1.807, 2.05) is 54.6 Å². The molecule has 1 unspecified atom stereocenters. The van der Waals surface area contributed by atoms with E-state index in [4.69, 9.17) is 4.74 Å². The van der Waals surface area contributed by atoms with Crippen molar-refractivity contribution in [2.75, 3.05) is 25.1 Å². The molecule has 1 aliphatic heterocycles. The number of carbonyl (C=O) groups excluding carboxylic acids is 2. The maximum atomic E-state index is 12.6. The average Bonchev–Trinajstić information content (AvgIpc) is 2.74. The standard InChI is InChI=1S/C22H25N3O3/c1-4-25(5-2)17-13-11-16(12-14-17)20-18(21(26)28-3)19(23-22(27)24-20)15-9-7-6-8-10-15/h6-14,20H,4-5H2,1-3H3,(H2,23,24,27). The van der Waals surface area contributed by atoms with Crippen molar-refractivity contribution in [3.05, 3.63) is 71.3 Å². The lowest BCUT2D eigenvalue weighted by atomic mass is 9.92. The second-order valence-electron chi connectivity index (χ2n) is 6.44. The Hall–Kier alpha value is -3.28. The molecule has 2 amide bonds. The molecule has 28 heavy (non-hydrogen) atoms. The number of nitrogens with zero attached hydrogens (tertiary/aromatic N) is 1. The summed E-state index contributed by atoms with van der Waals surface area (Å²) in [5.41, 5.74) is 3.51. The van der Waals surface area contributed by atoms with Gasteiger partial charge in [0.05, 0.1) is 24.4 Å². The van der Waals surface area contributed by atoms with Crippen molar-refractivity contribution in [3.63, 3.8) is 0 Å². The number of rotatable bonds is 6. The van der Waals surface area contributed by atoms with Gasteiger partial charge in [-0.1, -0.05) is 42.5 Å². The fraction of sp³-hybridized carbons (Fsp3) is 0.273. The summed E-state index contributed by atoms with van der Waals surface area (Å²) in [4.78, 5) is 27.2. The van der Waals surface area contributed by atoms with E-state index in [0.29, 0.717) is 11.3 Å². The fourth-order valence-corrected chi connectivity index (χ4v) is 3.44. The minimum Gasteiger partial charge on any atom is -0.466 e. The molecule has 6 heteroatoms. The first kappa shape index (κ1) is 19.5. The highest BCUT2D eigenvalue weighted by atomic mass is 16.5. The fourth-order valence-electron chi connectivity index (χ4n) is 3.44. The predicted molar refractivity (Wildman–Crippen MR) is 110 cm³/mol. The molecule has 2 N–H and O–H groups in total.